The molecule has 3 rings (SSSR count). The van der Waals surface area contributed by atoms with Crippen LogP contribution in [0, 0.1) is 0 Å². The van der Waals surface area contributed by atoms with Crippen molar-refractivity contribution in [1.29, 1.82) is 0 Å². The van der Waals surface area contributed by atoms with Crippen molar-refractivity contribution in [2.24, 2.45) is 0 Å². The molecule has 0 spiro atoms. The van der Waals surface area contributed by atoms with E-state index in [1.807, 2.05) is 6.07 Å². The molecule has 2 heterocycles. The van der Waals surface area contributed by atoms with Gasteiger partial charge in [-0.3, -0.25) is 4.79 Å². The molecule has 0 radical (unpaired) electrons. The highest BCUT2D eigenvalue weighted by Gasteiger charge is 2.07. The molecule has 3 nitrogen and oxygen atoms in total. The Labute approximate surface area is 166 Å². The van der Waals surface area contributed by atoms with Crippen LogP contribution in [0.15, 0.2) is 57.4 Å². The summed E-state index contributed by atoms with van der Waals surface area (Å²) in [5.74, 6) is 1.65. The fourth-order valence-corrected chi connectivity index (χ4v) is 3.68. The highest BCUT2D eigenvalue weighted by atomic mass is 79.9. The number of carbonyl (C=O) groups is 1. The second-order valence-electron chi connectivity index (χ2n) is 4.97. The largest absolute Gasteiger partial charge is 0.484 e. The van der Waals surface area contributed by atoms with Crippen LogP contribution in [0.3, 0.4) is 0 Å². The maximum absolute atomic E-state index is 12.0. The molecule has 25 heavy (non-hydrogen) atoms. The second-order valence-corrected chi connectivity index (χ2v) is 8.01. The third kappa shape index (κ3) is 4.98. The number of hydrogen-bond acceptors (Lipinski definition) is 4. The zero-order chi connectivity index (χ0) is 17.8. The van der Waals surface area contributed by atoms with Crippen LogP contribution in [0.1, 0.15) is 21.2 Å². The number of furan rings is 1. The van der Waals surface area contributed by atoms with E-state index in [0.717, 1.165) is 4.47 Å². The summed E-state index contributed by atoms with van der Waals surface area (Å²) in [4.78, 5) is 12.6. The van der Waals surface area contributed by atoms with Gasteiger partial charge in [0.05, 0.1) is 14.2 Å². The standard InChI is InChI=1S/C18H11BrCl2O3S/c19-11-1-6-16(14(20)9-11)23-10-13-3-2-12(24-13)4-5-15(22)17-7-8-18(21)25-17/h1-9H,10H2/b5-4+. The first-order valence-electron chi connectivity index (χ1n) is 7.15. The van der Waals surface area contributed by atoms with Gasteiger partial charge in [0.15, 0.2) is 5.78 Å². The van der Waals surface area contributed by atoms with E-state index in [2.05, 4.69) is 15.9 Å². The Hall–Kier alpha value is -1.53. The van der Waals surface area contributed by atoms with Crippen molar-refractivity contribution in [1.82, 2.24) is 0 Å². The van der Waals surface area contributed by atoms with Crippen molar-refractivity contribution in [3.63, 3.8) is 0 Å². The smallest absolute Gasteiger partial charge is 0.195 e. The third-order valence-electron chi connectivity index (χ3n) is 3.16. The molecule has 0 fully saturated rings. The second kappa shape index (κ2) is 8.23. The van der Waals surface area contributed by atoms with Gasteiger partial charge >= 0.3 is 0 Å². The van der Waals surface area contributed by atoms with Crippen molar-refractivity contribution in [2.75, 3.05) is 0 Å². The Morgan fingerprint density at radius 1 is 1.20 bits per heavy atom. The first kappa shape index (κ1) is 18.3. The molecule has 0 aliphatic carbocycles. The molecule has 0 saturated heterocycles. The monoisotopic (exact) mass is 456 g/mol. The quantitative estimate of drug-likeness (QED) is 0.299. The summed E-state index contributed by atoms with van der Waals surface area (Å²) in [5, 5.41) is 0.515. The lowest BCUT2D eigenvalue weighted by Gasteiger charge is -2.06. The predicted octanol–water partition coefficient (Wildman–Crippen LogP) is 6.89. The number of thiophene rings is 1. The van der Waals surface area contributed by atoms with E-state index in [1.165, 1.54) is 17.4 Å². The van der Waals surface area contributed by atoms with Crippen molar-refractivity contribution in [3.05, 3.63) is 78.8 Å². The number of halogens is 3. The Morgan fingerprint density at radius 3 is 2.76 bits per heavy atom. The minimum atomic E-state index is -0.118. The summed E-state index contributed by atoms with van der Waals surface area (Å²) in [6.07, 6.45) is 3.07. The lowest BCUT2D eigenvalue weighted by molar-refractivity contribution is 0.105. The molecule has 0 unspecified atom stereocenters. The molecule has 3 aromatic rings. The van der Waals surface area contributed by atoms with E-state index >= 15 is 0 Å². The minimum absolute atomic E-state index is 0.118. The first-order valence-corrected chi connectivity index (χ1v) is 9.52. The highest BCUT2D eigenvalue weighted by molar-refractivity contribution is 9.10. The number of rotatable bonds is 6. The zero-order valence-electron chi connectivity index (χ0n) is 12.7. The van der Waals surface area contributed by atoms with Crippen LogP contribution in [0.4, 0.5) is 0 Å². The van der Waals surface area contributed by atoms with Gasteiger partial charge in [-0.25, -0.2) is 0 Å². The number of ketones is 1. The van der Waals surface area contributed by atoms with Crippen molar-refractivity contribution >= 4 is 62.3 Å². The minimum Gasteiger partial charge on any atom is -0.484 e. The lowest BCUT2D eigenvalue weighted by Crippen LogP contribution is -1.94. The summed E-state index contributed by atoms with van der Waals surface area (Å²) in [5.41, 5.74) is 0. The Morgan fingerprint density at radius 2 is 2.04 bits per heavy atom. The van der Waals surface area contributed by atoms with E-state index in [9.17, 15) is 4.79 Å². The SMILES string of the molecule is O=C(/C=C/c1ccc(COc2ccc(Br)cc2Cl)o1)c1ccc(Cl)s1. The van der Waals surface area contributed by atoms with E-state index in [4.69, 9.17) is 32.4 Å². The van der Waals surface area contributed by atoms with Gasteiger partial charge in [0.1, 0.15) is 23.9 Å². The van der Waals surface area contributed by atoms with E-state index in [1.54, 1.807) is 42.5 Å². The van der Waals surface area contributed by atoms with Crippen LogP contribution in [0.5, 0.6) is 5.75 Å². The Kier molecular flexibility index (Phi) is 6.02. The van der Waals surface area contributed by atoms with E-state index in [-0.39, 0.29) is 12.4 Å². The van der Waals surface area contributed by atoms with Crippen LogP contribution in [-0.4, -0.2) is 5.78 Å². The fourth-order valence-electron chi connectivity index (χ4n) is 1.99. The topological polar surface area (TPSA) is 39.4 Å². The average molecular weight is 458 g/mol. The summed E-state index contributed by atoms with van der Waals surface area (Å²) in [7, 11) is 0. The van der Waals surface area contributed by atoms with Gasteiger partial charge in [-0.1, -0.05) is 39.1 Å². The van der Waals surface area contributed by atoms with Gasteiger partial charge in [0, 0.05) is 4.47 Å². The fraction of sp³-hybridized carbons (Fsp3) is 0.0556. The maximum Gasteiger partial charge on any atom is 0.195 e. The predicted molar refractivity (Wildman–Crippen MR) is 105 cm³/mol. The number of hydrogen-bond donors (Lipinski definition) is 0. The summed E-state index contributed by atoms with van der Waals surface area (Å²) in [6, 6.07) is 12.3. The first-order chi connectivity index (χ1) is 12.0. The van der Waals surface area contributed by atoms with E-state index < -0.39 is 0 Å². The molecule has 2 aromatic heterocycles. The zero-order valence-corrected chi connectivity index (χ0v) is 16.6. The van der Waals surface area contributed by atoms with Crippen molar-refractivity contribution in [2.45, 2.75) is 6.61 Å². The molecule has 0 N–H and O–H groups in total. The van der Waals surface area contributed by atoms with Gasteiger partial charge in [0.25, 0.3) is 0 Å². The lowest BCUT2D eigenvalue weighted by atomic mass is 10.3. The van der Waals surface area contributed by atoms with Gasteiger partial charge < -0.3 is 9.15 Å². The molecule has 0 aliphatic rings. The average Bonchev–Trinajstić information content (AvgIpc) is 3.21. The summed E-state index contributed by atoms with van der Waals surface area (Å²) >= 11 is 16.5. The summed E-state index contributed by atoms with van der Waals surface area (Å²) in [6.45, 7) is 0.240. The Bertz CT molecular complexity index is 930. The molecule has 0 atom stereocenters. The van der Waals surface area contributed by atoms with Crippen LogP contribution in [-0.2, 0) is 6.61 Å². The highest BCUT2D eigenvalue weighted by Crippen LogP contribution is 2.28. The molecule has 1 aromatic carbocycles. The molecule has 0 saturated carbocycles. The maximum atomic E-state index is 12.0. The number of carbonyl (C=O) groups excluding carboxylic acids is 1. The molecule has 0 bridgehead atoms. The van der Waals surface area contributed by atoms with E-state index in [0.29, 0.717) is 31.5 Å². The third-order valence-corrected chi connectivity index (χ3v) is 5.20. The molecule has 128 valence electrons. The normalized spacial score (nSPS) is 11.2. The molecular weight excluding hydrogens is 447 g/mol. The van der Waals surface area contributed by atoms with Gasteiger partial charge in [-0.15, -0.1) is 11.3 Å². The van der Waals surface area contributed by atoms with Crippen molar-refractivity contribution < 1.29 is 13.9 Å². The van der Waals surface area contributed by atoms with Crippen LogP contribution in [0.2, 0.25) is 9.36 Å². The molecular formula is C18H11BrCl2O3S. The number of ether oxygens (including phenoxy) is 1. The number of benzene rings is 1. The molecule has 7 heteroatoms. The van der Waals surface area contributed by atoms with Gasteiger partial charge in [-0.05, 0) is 54.6 Å². The van der Waals surface area contributed by atoms with Crippen LogP contribution >= 0.6 is 50.5 Å². The van der Waals surface area contributed by atoms with Gasteiger partial charge in [0.2, 0.25) is 0 Å². The van der Waals surface area contributed by atoms with Crippen LogP contribution in [0.25, 0.3) is 6.08 Å². The van der Waals surface area contributed by atoms with Crippen LogP contribution < -0.4 is 4.74 Å². The molecule has 0 aliphatic heterocycles. The summed E-state index contributed by atoms with van der Waals surface area (Å²) < 4.78 is 12.7. The molecule has 0 amide bonds. The van der Waals surface area contributed by atoms with Gasteiger partial charge in [-0.2, -0.15) is 0 Å². The Balaban J connectivity index is 1.60. The number of allylic oxidation sites excluding steroid dienone is 1. The van der Waals surface area contributed by atoms with Crippen molar-refractivity contribution in [3.8, 4) is 5.75 Å².